The number of carbonyl (C=O) groups is 1. The van der Waals surface area contributed by atoms with E-state index in [1.54, 1.807) is 14.2 Å². The third-order valence-corrected chi connectivity index (χ3v) is 11.9. The van der Waals surface area contributed by atoms with Crippen molar-refractivity contribution in [1.29, 1.82) is 0 Å². The highest BCUT2D eigenvalue weighted by Gasteiger charge is 2.56. The minimum absolute atomic E-state index is 0.0106. The maximum atomic E-state index is 13.6. The van der Waals surface area contributed by atoms with Gasteiger partial charge in [0.1, 0.15) is 25.1 Å². The van der Waals surface area contributed by atoms with Crippen LogP contribution in [0.5, 0.6) is 0 Å². The predicted octanol–water partition coefficient (Wildman–Crippen LogP) is 3.66. The fraction of sp³-hybridized carbons (Fsp3) is 0.483. The molecule has 0 amide bonds. The summed E-state index contributed by atoms with van der Waals surface area (Å²) in [4.78, 5) is 13.6. The van der Waals surface area contributed by atoms with Gasteiger partial charge in [0.05, 0.1) is 19.8 Å². The van der Waals surface area contributed by atoms with Crippen LogP contribution in [0.3, 0.4) is 0 Å². The van der Waals surface area contributed by atoms with E-state index in [1.165, 1.54) is 7.11 Å². The second kappa shape index (κ2) is 13.0. The molecule has 0 N–H and O–H groups in total. The van der Waals surface area contributed by atoms with Crippen molar-refractivity contribution in [1.82, 2.24) is 0 Å². The quantitative estimate of drug-likeness (QED) is 0.180. The highest BCUT2D eigenvalue weighted by molar-refractivity contribution is 6.99. The lowest BCUT2D eigenvalue weighted by atomic mass is 9.75. The summed E-state index contributed by atoms with van der Waals surface area (Å²) in [7, 11) is 1.54. The number of esters is 1. The number of ether oxygens (including phenoxy) is 5. The zero-order valence-electron chi connectivity index (χ0n) is 22.8. The molecule has 2 aromatic carbocycles. The van der Waals surface area contributed by atoms with Crippen LogP contribution in [-0.4, -0.2) is 68.0 Å². The van der Waals surface area contributed by atoms with Gasteiger partial charge in [-0.3, -0.25) is 4.79 Å². The van der Waals surface area contributed by atoms with Crippen molar-refractivity contribution >= 4 is 24.7 Å². The molecule has 7 nitrogen and oxygen atoms in total. The van der Waals surface area contributed by atoms with E-state index in [0.29, 0.717) is 6.42 Å². The molecule has 0 aliphatic heterocycles. The number of hydrogen-bond acceptors (Lipinski definition) is 7. The Kier molecular flexibility index (Phi) is 10.2. The molecule has 2 aromatic rings. The zero-order chi connectivity index (χ0) is 26.9. The van der Waals surface area contributed by atoms with Gasteiger partial charge in [0.15, 0.2) is 0 Å². The number of methoxy groups -OCH3 is 3. The van der Waals surface area contributed by atoms with E-state index in [0.717, 1.165) is 10.4 Å². The van der Waals surface area contributed by atoms with Gasteiger partial charge in [-0.1, -0.05) is 93.6 Å². The Bertz CT molecular complexity index is 966. The highest BCUT2D eigenvalue weighted by atomic mass is 28.4. The van der Waals surface area contributed by atoms with E-state index >= 15 is 0 Å². The van der Waals surface area contributed by atoms with Crippen molar-refractivity contribution in [3.8, 4) is 0 Å². The predicted molar refractivity (Wildman–Crippen MR) is 145 cm³/mol. The van der Waals surface area contributed by atoms with E-state index < -0.39 is 31.9 Å². The summed E-state index contributed by atoms with van der Waals surface area (Å²) in [6, 6.07) is 20.6. The molecule has 0 radical (unpaired) electrons. The van der Waals surface area contributed by atoms with Crippen LogP contribution in [0.4, 0.5) is 0 Å². The van der Waals surface area contributed by atoms with Gasteiger partial charge in [0.25, 0.3) is 8.32 Å². The number of rotatable bonds is 12. The molecule has 0 heterocycles. The fourth-order valence-corrected chi connectivity index (χ4v) is 9.83. The van der Waals surface area contributed by atoms with Crippen molar-refractivity contribution in [2.45, 2.75) is 44.4 Å². The standard InChI is InChI=1S/C29H40O7Si/c1-28(2,3)37(23-14-9-7-10-15-23,24-16-11-8-12-17-24)36-20-29(27(30)33-6)19-13-18-25(34-21-31-4)26(29)35-22-32-5/h7-17,19,25-26H,18,20-22H2,1-6H3/t25-,26+,29+/m1/s1. The van der Waals surface area contributed by atoms with Crippen molar-refractivity contribution < 1.29 is 32.9 Å². The number of hydrogen-bond donors (Lipinski definition) is 0. The van der Waals surface area contributed by atoms with Crippen LogP contribution in [0, 0.1) is 5.41 Å². The first-order valence-corrected chi connectivity index (χ1v) is 14.4. The highest BCUT2D eigenvalue weighted by Crippen LogP contribution is 2.42. The lowest BCUT2D eigenvalue weighted by molar-refractivity contribution is -0.204. The summed E-state index contributed by atoms with van der Waals surface area (Å²) in [6.07, 6.45) is 3.16. The third-order valence-electron chi connectivity index (χ3n) is 6.90. The summed E-state index contributed by atoms with van der Waals surface area (Å²) in [6.45, 7) is 6.70. The van der Waals surface area contributed by atoms with Crippen LogP contribution in [0.15, 0.2) is 72.8 Å². The Hall–Kier alpha value is -2.33. The average molecular weight is 529 g/mol. The van der Waals surface area contributed by atoms with E-state index in [9.17, 15) is 4.79 Å². The van der Waals surface area contributed by atoms with Gasteiger partial charge in [-0.15, -0.1) is 0 Å². The molecule has 1 aliphatic carbocycles. The second-order valence-electron chi connectivity index (χ2n) is 10.2. The first kappa shape index (κ1) is 29.2. The van der Waals surface area contributed by atoms with Crippen molar-refractivity contribution in [3.05, 3.63) is 72.8 Å². The van der Waals surface area contributed by atoms with E-state index in [1.807, 2.05) is 48.6 Å². The molecular formula is C29H40O7Si. The van der Waals surface area contributed by atoms with Crippen molar-refractivity contribution in [3.63, 3.8) is 0 Å². The molecule has 0 saturated carbocycles. The number of benzene rings is 2. The molecule has 0 saturated heterocycles. The molecule has 8 heteroatoms. The smallest absolute Gasteiger partial charge is 0.320 e. The maximum Gasteiger partial charge on any atom is 0.320 e. The minimum Gasteiger partial charge on any atom is -0.468 e. The third kappa shape index (κ3) is 6.06. The molecule has 3 atom stereocenters. The van der Waals surface area contributed by atoms with Crippen molar-refractivity contribution in [2.24, 2.45) is 5.41 Å². The van der Waals surface area contributed by atoms with E-state index in [-0.39, 0.29) is 25.2 Å². The minimum atomic E-state index is -2.94. The largest absolute Gasteiger partial charge is 0.468 e. The molecule has 202 valence electrons. The monoisotopic (exact) mass is 528 g/mol. The molecule has 0 bridgehead atoms. The lowest BCUT2D eigenvalue weighted by Gasteiger charge is -2.47. The van der Waals surface area contributed by atoms with Gasteiger partial charge in [0, 0.05) is 14.2 Å². The van der Waals surface area contributed by atoms with Gasteiger partial charge in [-0.05, 0) is 21.8 Å². The van der Waals surface area contributed by atoms with Gasteiger partial charge in [-0.2, -0.15) is 0 Å². The van der Waals surface area contributed by atoms with Crippen LogP contribution >= 0.6 is 0 Å². The van der Waals surface area contributed by atoms with Crippen LogP contribution < -0.4 is 10.4 Å². The molecule has 37 heavy (non-hydrogen) atoms. The zero-order valence-corrected chi connectivity index (χ0v) is 23.8. The van der Waals surface area contributed by atoms with Crippen LogP contribution in [-0.2, 0) is 32.9 Å². The van der Waals surface area contributed by atoms with Crippen LogP contribution in [0.2, 0.25) is 5.04 Å². The Balaban J connectivity index is 2.15. The Labute approximate surface area is 221 Å². The first-order chi connectivity index (χ1) is 17.8. The molecule has 0 spiro atoms. The maximum absolute atomic E-state index is 13.6. The van der Waals surface area contributed by atoms with Crippen LogP contribution in [0.25, 0.3) is 0 Å². The summed E-state index contributed by atoms with van der Waals surface area (Å²) in [5.41, 5.74) is -1.25. The molecule has 1 aliphatic rings. The average Bonchev–Trinajstić information content (AvgIpc) is 2.91. The van der Waals surface area contributed by atoms with E-state index in [4.69, 9.17) is 28.1 Å². The van der Waals surface area contributed by atoms with Crippen LogP contribution in [0.1, 0.15) is 27.2 Å². The van der Waals surface area contributed by atoms with E-state index in [2.05, 4.69) is 45.0 Å². The Morgan fingerprint density at radius 3 is 1.92 bits per heavy atom. The normalized spacial score (nSPS) is 22.1. The second-order valence-corrected chi connectivity index (χ2v) is 14.5. The molecule has 0 aromatic heterocycles. The summed E-state index contributed by atoms with van der Waals surface area (Å²) >= 11 is 0. The Morgan fingerprint density at radius 1 is 0.892 bits per heavy atom. The van der Waals surface area contributed by atoms with Gasteiger partial charge in [-0.25, -0.2) is 0 Å². The molecule has 3 rings (SSSR count). The molecule has 0 unspecified atom stereocenters. The van der Waals surface area contributed by atoms with Crippen molar-refractivity contribution in [2.75, 3.05) is 41.5 Å². The molecule has 0 fully saturated rings. The number of carbonyl (C=O) groups excluding carboxylic acids is 1. The topological polar surface area (TPSA) is 72.5 Å². The fourth-order valence-electron chi connectivity index (χ4n) is 5.22. The summed E-state index contributed by atoms with van der Waals surface area (Å²) < 4.78 is 35.0. The SMILES string of the molecule is COCO[C@@H]1CC=C[C@@](CO[Si](c2ccccc2)(c2ccccc2)C(C)(C)C)(C(=O)OC)[C@H]1OCOC. The first-order valence-electron chi connectivity index (χ1n) is 12.5. The molecular weight excluding hydrogens is 488 g/mol. The van der Waals surface area contributed by atoms with Gasteiger partial charge < -0.3 is 28.1 Å². The summed E-state index contributed by atoms with van der Waals surface area (Å²) in [5.74, 6) is -0.450. The van der Waals surface area contributed by atoms with Gasteiger partial charge >= 0.3 is 5.97 Å². The summed E-state index contributed by atoms with van der Waals surface area (Å²) in [5, 5.41) is 1.98. The van der Waals surface area contributed by atoms with Gasteiger partial charge in [0.2, 0.25) is 0 Å². The lowest BCUT2D eigenvalue weighted by Crippen LogP contribution is -2.68. The Morgan fingerprint density at radius 2 is 1.43 bits per heavy atom.